The lowest BCUT2D eigenvalue weighted by Gasteiger charge is -2.29. The molecule has 0 N–H and O–H groups in total. The van der Waals surface area contributed by atoms with Gasteiger partial charge in [0.15, 0.2) is 0 Å². The van der Waals surface area contributed by atoms with Crippen molar-refractivity contribution >= 4 is 5.91 Å². The summed E-state index contributed by atoms with van der Waals surface area (Å²) in [5.41, 5.74) is 0. The van der Waals surface area contributed by atoms with Crippen LogP contribution in [-0.2, 0) is 4.79 Å². The standard InChI is InChI=1S/C18H25NO2/c20-18(11-6-14-21-17-9-2-1-3-10-17)19(16-12-13-16)15-7-4-5-8-15/h1-3,9-10,15-16H,4-8,11-14H2. The van der Waals surface area contributed by atoms with E-state index in [0.717, 1.165) is 12.2 Å². The van der Waals surface area contributed by atoms with E-state index in [1.807, 2.05) is 30.3 Å². The summed E-state index contributed by atoms with van der Waals surface area (Å²) in [7, 11) is 0. The van der Waals surface area contributed by atoms with Crippen LogP contribution >= 0.6 is 0 Å². The Morgan fingerprint density at radius 1 is 1.05 bits per heavy atom. The summed E-state index contributed by atoms with van der Waals surface area (Å²) in [6.45, 7) is 0.624. The lowest BCUT2D eigenvalue weighted by atomic mass is 10.1. The zero-order valence-electron chi connectivity index (χ0n) is 12.7. The van der Waals surface area contributed by atoms with Gasteiger partial charge in [0.25, 0.3) is 0 Å². The van der Waals surface area contributed by atoms with E-state index in [1.165, 1.54) is 38.5 Å². The van der Waals surface area contributed by atoms with E-state index >= 15 is 0 Å². The third-order valence-electron chi connectivity index (χ3n) is 4.49. The van der Waals surface area contributed by atoms with Crippen LogP contribution in [0.3, 0.4) is 0 Å². The van der Waals surface area contributed by atoms with Crippen LogP contribution in [0.25, 0.3) is 0 Å². The third-order valence-corrected chi connectivity index (χ3v) is 4.49. The lowest BCUT2D eigenvalue weighted by Crippen LogP contribution is -2.40. The largest absolute Gasteiger partial charge is 0.494 e. The second-order valence-corrected chi connectivity index (χ2v) is 6.24. The topological polar surface area (TPSA) is 29.5 Å². The Morgan fingerprint density at radius 3 is 2.38 bits per heavy atom. The van der Waals surface area contributed by atoms with Crippen LogP contribution in [0.15, 0.2) is 30.3 Å². The minimum absolute atomic E-state index is 0.348. The fourth-order valence-corrected chi connectivity index (χ4v) is 3.30. The number of ether oxygens (including phenoxy) is 1. The van der Waals surface area contributed by atoms with Crippen molar-refractivity contribution in [3.63, 3.8) is 0 Å². The summed E-state index contributed by atoms with van der Waals surface area (Å²) >= 11 is 0. The van der Waals surface area contributed by atoms with Gasteiger partial charge >= 0.3 is 0 Å². The van der Waals surface area contributed by atoms with Crippen LogP contribution in [0.1, 0.15) is 51.4 Å². The molecule has 0 aliphatic heterocycles. The fourth-order valence-electron chi connectivity index (χ4n) is 3.30. The van der Waals surface area contributed by atoms with Crippen molar-refractivity contribution < 1.29 is 9.53 Å². The van der Waals surface area contributed by atoms with Gasteiger partial charge in [-0.2, -0.15) is 0 Å². The monoisotopic (exact) mass is 287 g/mol. The molecule has 21 heavy (non-hydrogen) atoms. The van der Waals surface area contributed by atoms with Gasteiger partial charge in [-0.15, -0.1) is 0 Å². The minimum Gasteiger partial charge on any atom is -0.494 e. The van der Waals surface area contributed by atoms with Crippen molar-refractivity contribution in [3.05, 3.63) is 30.3 Å². The number of hydrogen-bond acceptors (Lipinski definition) is 2. The smallest absolute Gasteiger partial charge is 0.223 e. The molecule has 1 amide bonds. The van der Waals surface area contributed by atoms with Crippen LogP contribution in [0.2, 0.25) is 0 Å². The molecular weight excluding hydrogens is 262 g/mol. The number of hydrogen-bond donors (Lipinski definition) is 0. The van der Waals surface area contributed by atoms with Crippen molar-refractivity contribution in [3.8, 4) is 5.75 Å². The number of rotatable bonds is 7. The molecule has 0 unspecified atom stereocenters. The molecule has 0 atom stereocenters. The molecule has 0 radical (unpaired) electrons. The SMILES string of the molecule is O=C(CCCOc1ccccc1)N(C1CCCC1)C1CC1. The molecule has 0 spiro atoms. The summed E-state index contributed by atoms with van der Waals surface area (Å²) in [6, 6.07) is 10.9. The van der Waals surface area contributed by atoms with E-state index in [1.54, 1.807) is 0 Å². The van der Waals surface area contributed by atoms with Crippen molar-refractivity contribution in [2.45, 2.75) is 63.5 Å². The van der Waals surface area contributed by atoms with Crippen molar-refractivity contribution in [1.29, 1.82) is 0 Å². The predicted octanol–water partition coefficient (Wildman–Crippen LogP) is 3.78. The quantitative estimate of drug-likeness (QED) is 0.714. The predicted molar refractivity (Wildman–Crippen MR) is 83.3 cm³/mol. The Morgan fingerprint density at radius 2 is 1.71 bits per heavy atom. The van der Waals surface area contributed by atoms with E-state index in [4.69, 9.17) is 4.74 Å². The maximum atomic E-state index is 12.5. The van der Waals surface area contributed by atoms with Crippen LogP contribution in [0, 0.1) is 0 Å². The normalized spacial score (nSPS) is 18.7. The van der Waals surface area contributed by atoms with Gasteiger partial charge in [-0.3, -0.25) is 4.79 Å². The molecule has 0 heterocycles. The average Bonchev–Trinajstić information content (AvgIpc) is 3.19. The minimum atomic E-state index is 0.348. The molecule has 1 aromatic rings. The summed E-state index contributed by atoms with van der Waals surface area (Å²) in [5, 5.41) is 0. The molecule has 3 rings (SSSR count). The number of nitrogens with zero attached hydrogens (tertiary/aromatic N) is 1. The van der Waals surface area contributed by atoms with Gasteiger partial charge in [0.05, 0.1) is 6.61 Å². The molecule has 2 fully saturated rings. The second kappa shape index (κ2) is 6.97. The lowest BCUT2D eigenvalue weighted by molar-refractivity contribution is -0.134. The Hall–Kier alpha value is -1.51. The van der Waals surface area contributed by atoms with E-state index in [-0.39, 0.29) is 0 Å². The number of benzene rings is 1. The Balaban J connectivity index is 1.42. The molecule has 114 valence electrons. The van der Waals surface area contributed by atoms with Crippen LogP contribution in [0.4, 0.5) is 0 Å². The maximum absolute atomic E-state index is 12.5. The molecule has 2 saturated carbocycles. The van der Waals surface area contributed by atoms with Gasteiger partial charge in [-0.05, 0) is 44.2 Å². The van der Waals surface area contributed by atoms with E-state index in [9.17, 15) is 4.79 Å². The highest BCUT2D eigenvalue weighted by molar-refractivity contribution is 5.77. The van der Waals surface area contributed by atoms with Gasteiger partial charge in [-0.25, -0.2) is 0 Å². The first-order chi connectivity index (χ1) is 10.3. The van der Waals surface area contributed by atoms with E-state index < -0.39 is 0 Å². The molecule has 3 nitrogen and oxygen atoms in total. The second-order valence-electron chi connectivity index (χ2n) is 6.24. The zero-order valence-corrected chi connectivity index (χ0v) is 12.7. The van der Waals surface area contributed by atoms with Crippen molar-refractivity contribution in [2.24, 2.45) is 0 Å². The molecule has 2 aliphatic carbocycles. The first kappa shape index (κ1) is 14.4. The van der Waals surface area contributed by atoms with Gasteiger partial charge in [0.1, 0.15) is 5.75 Å². The molecule has 3 heteroatoms. The number of para-hydroxylation sites is 1. The van der Waals surface area contributed by atoms with Gasteiger partial charge in [-0.1, -0.05) is 31.0 Å². The maximum Gasteiger partial charge on any atom is 0.223 e. The van der Waals surface area contributed by atoms with Gasteiger partial charge < -0.3 is 9.64 Å². The summed E-state index contributed by atoms with van der Waals surface area (Å²) in [5.74, 6) is 1.24. The molecule has 0 saturated heterocycles. The third kappa shape index (κ3) is 3.99. The summed E-state index contributed by atoms with van der Waals surface area (Å²) < 4.78 is 5.67. The Bertz CT molecular complexity index is 450. The number of carbonyl (C=O) groups excluding carboxylic acids is 1. The van der Waals surface area contributed by atoms with Crippen molar-refractivity contribution in [2.75, 3.05) is 6.61 Å². The highest BCUT2D eigenvalue weighted by atomic mass is 16.5. The number of carbonyl (C=O) groups is 1. The molecular formula is C18H25NO2. The van der Waals surface area contributed by atoms with Crippen LogP contribution < -0.4 is 4.74 Å². The first-order valence-electron chi connectivity index (χ1n) is 8.33. The van der Waals surface area contributed by atoms with E-state index in [2.05, 4.69) is 4.90 Å². The number of amides is 1. The molecule has 0 aromatic heterocycles. The zero-order chi connectivity index (χ0) is 14.5. The van der Waals surface area contributed by atoms with Gasteiger partial charge in [0, 0.05) is 18.5 Å². The van der Waals surface area contributed by atoms with Crippen molar-refractivity contribution in [1.82, 2.24) is 4.90 Å². The highest BCUT2D eigenvalue weighted by Gasteiger charge is 2.37. The van der Waals surface area contributed by atoms with Crippen LogP contribution in [-0.4, -0.2) is 29.5 Å². The molecule has 2 aliphatic rings. The van der Waals surface area contributed by atoms with E-state index in [0.29, 0.717) is 31.0 Å². The van der Waals surface area contributed by atoms with Gasteiger partial charge in [0.2, 0.25) is 5.91 Å². The van der Waals surface area contributed by atoms with Crippen LogP contribution in [0.5, 0.6) is 5.75 Å². The summed E-state index contributed by atoms with van der Waals surface area (Å²) in [6.07, 6.45) is 8.86. The Labute approximate surface area is 127 Å². The molecule has 1 aromatic carbocycles. The Kier molecular flexibility index (Phi) is 4.79. The highest BCUT2D eigenvalue weighted by Crippen LogP contribution is 2.35. The summed E-state index contributed by atoms with van der Waals surface area (Å²) in [4.78, 5) is 14.7. The first-order valence-corrected chi connectivity index (χ1v) is 8.33. The average molecular weight is 287 g/mol. The molecule has 0 bridgehead atoms. The fraction of sp³-hybridized carbons (Fsp3) is 0.611.